The lowest BCUT2D eigenvalue weighted by molar-refractivity contribution is 0.0948. The topological polar surface area (TPSA) is 66.6 Å². The number of aromatic nitrogens is 2. The highest BCUT2D eigenvalue weighted by Gasteiger charge is 2.11. The smallest absolute Gasteiger partial charge is 0.255 e. The fraction of sp³-hybridized carbons (Fsp3) is 0.0667. The van der Waals surface area contributed by atoms with Crippen molar-refractivity contribution in [1.82, 2.24) is 14.7 Å². The molecular formula is C15H11BrClN3O2. The summed E-state index contributed by atoms with van der Waals surface area (Å²) in [6, 6.07) is 8.28. The van der Waals surface area contributed by atoms with E-state index in [-0.39, 0.29) is 23.8 Å². The zero-order valence-electron chi connectivity index (χ0n) is 11.3. The van der Waals surface area contributed by atoms with Gasteiger partial charge in [-0.3, -0.25) is 4.79 Å². The highest BCUT2D eigenvalue weighted by atomic mass is 79.9. The Bertz CT molecular complexity index is 863. The number of aromatic hydroxyl groups is 1. The Hall–Kier alpha value is -2.05. The molecular weight excluding hydrogens is 370 g/mol. The maximum atomic E-state index is 12.1. The van der Waals surface area contributed by atoms with Crippen molar-refractivity contribution < 1.29 is 9.90 Å². The minimum Gasteiger partial charge on any atom is -0.507 e. The highest BCUT2D eigenvalue weighted by Crippen LogP contribution is 2.22. The predicted octanol–water partition coefficient (Wildman–Crippen LogP) is 3.39. The number of phenolic OH excluding ortho intramolecular Hbond substituents is 1. The minimum atomic E-state index is -0.361. The fourth-order valence-electron chi connectivity index (χ4n) is 2.07. The van der Waals surface area contributed by atoms with Gasteiger partial charge in [0.05, 0.1) is 22.8 Å². The molecule has 0 fully saturated rings. The van der Waals surface area contributed by atoms with E-state index in [0.717, 1.165) is 5.65 Å². The first kappa shape index (κ1) is 14.9. The molecule has 0 saturated heterocycles. The second-order valence-corrected chi connectivity index (χ2v) is 6.04. The molecule has 1 amide bonds. The Labute approximate surface area is 139 Å². The SMILES string of the molecule is O=C(NCc1cn2cc(Cl)ccc2n1)c1ccc(Br)cc1O. The summed E-state index contributed by atoms with van der Waals surface area (Å²) in [5, 5.41) is 13.1. The molecule has 3 rings (SSSR count). The maximum Gasteiger partial charge on any atom is 0.255 e. The molecule has 22 heavy (non-hydrogen) atoms. The summed E-state index contributed by atoms with van der Waals surface area (Å²) in [6.07, 6.45) is 3.54. The number of hydrogen-bond acceptors (Lipinski definition) is 3. The third-order valence-corrected chi connectivity index (χ3v) is 3.82. The van der Waals surface area contributed by atoms with Gasteiger partial charge < -0.3 is 14.8 Å². The van der Waals surface area contributed by atoms with Crippen molar-refractivity contribution in [3.05, 3.63) is 63.5 Å². The summed E-state index contributed by atoms with van der Waals surface area (Å²) < 4.78 is 2.50. The fourth-order valence-corrected chi connectivity index (χ4v) is 2.58. The molecule has 0 atom stereocenters. The van der Waals surface area contributed by atoms with Gasteiger partial charge in [0.2, 0.25) is 0 Å². The lowest BCUT2D eigenvalue weighted by Crippen LogP contribution is -2.23. The van der Waals surface area contributed by atoms with E-state index in [2.05, 4.69) is 26.2 Å². The molecule has 0 spiro atoms. The molecule has 0 aliphatic carbocycles. The van der Waals surface area contributed by atoms with Gasteiger partial charge in [-0.05, 0) is 30.3 Å². The number of benzene rings is 1. The van der Waals surface area contributed by atoms with Gasteiger partial charge in [-0.25, -0.2) is 4.98 Å². The molecule has 0 bridgehead atoms. The predicted molar refractivity (Wildman–Crippen MR) is 87.2 cm³/mol. The molecule has 1 aromatic carbocycles. The number of hydrogen-bond donors (Lipinski definition) is 2. The van der Waals surface area contributed by atoms with Gasteiger partial charge in [-0.2, -0.15) is 0 Å². The quantitative estimate of drug-likeness (QED) is 0.732. The van der Waals surface area contributed by atoms with E-state index in [1.54, 1.807) is 41.1 Å². The van der Waals surface area contributed by atoms with Crippen LogP contribution in [-0.4, -0.2) is 20.4 Å². The molecule has 0 unspecified atom stereocenters. The largest absolute Gasteiger partial charge is 0.507 e. The molecule has 0 saturated carbocycles. The van der Waals surface area contributed by atoms with Crippen LogP contribution in [-0.2, 0) is 6.54 Å². The van der Waals surface area contributed by atoms with E-state index in [1.807, 2.05) is 0 Å². The number of carbonyl (C=O) groups is 1. The molecule has 5 nitrogen and oxygen atoms in total. The number of halogens is 2. The first-order chi connectivity index (χ1) is 10.5. The Kier molecular flexibility index (Phi) is 4.04. The van der Waals surface area contributed by atoms with E-state index >= 15 is 0 Å². The second-order valence-electron chi connectivity index (χ2n) is 4.69. The van der Waals surface area contributed by atoms with Crippen molar-refractivity contribution in [2.24, 2.45) is 0 Å². The standard InChI is InChI=1S/C15H11BrClN3O2/c16-9-1-3-12(13(21)5-9)15(22)18-6-11-8-20-7-10(17)2-4-14(20)19-11/h1-5,7-8,21H,6H2,(H,18,22). The molecule has 2 heterocycles. The number of phenols is 1. The summed E-state index contributed by atoms with van der Waals surface area (Å²) in [5.41, 5.74) is 1.67. The van der Waals surface area contributed by atoms with Gasteiger partial charge in [-0.15, -0.1) is 0 Å². The lowest BCUT2D eigenvalue weighted by Gasteiger charge is -2.05. The van der Waals surface area contributed by atoms with Crippen molar-refractivity contribution in [3.63, 3.8) is 0 Å². The van der Waals surface area contributed by atoms with Gasteiger partial charge >= 0.3 is 0 Å². The van der Waals surface area contributed by atoms with Crippen molar-refractivity contribution in [2.75, 3.05) is 0 Å². The third-order valence-electron chi connectivity index (χ3n) is 3.10. The van der Waals surface area contributed by atoms with E-state index in [4.69, 9.17) is 11.6 Å². The molecule has 7 heteroatoms. The molecule has 3 aromatic rings. The van der Waals surface area contributed by atoms with Gasteiger partial charge in [0.1, 0.15) is 11.4 Å². The average molecular weight is 381 g/mol. The third kappa shape index (κ3) is 3.08. The van der Waals surface area contributed by atoms with Crippen molar-refractivity contribution >= 4 is 39.1 Å². The number of carbonyl (C=O) groups excluding carboxylic acids is 1. The van der Waals surface area contributed by atoms with Crippen molar-refractivity contribution in [3.8, 4) is 5.75 Å². The number of fused-ring (bicyclic) bond motifs is 1. The van der Waals surface area contributed by atoms with Crippen LogP contribution in [0.2, 0.25) is 5.02 Å². The number of pyridine rings is 1. The highest BCUT2D eigenvalue weighted by molar-refractivity contribution is 9.10. The molecule has 112 valence electrons. The molecule has 0 radical (unpaired) electrons. The van der Waals surface area contributed by atoms with E-state index in [9.17, 15) is 9.90 Å². The van der Waals surface area contributed by atoms with Crippen LogP contribution in [0.1, 0.15) is 16.1 Å². The van der Waals surface area contributed by atoms with Gasteiger partial charge in [0, 0.05) is 16.9 Å². The monoisotopic (exact) mass is 379 g/mol. The Morgan fingerprint density at radius 1 is 1.32 bits per heavy atom. The van der Waals surface area contributed by atoms with Gasteiger partial charge in [0.25, 0.3) is 5.91 Å². The van der Waals surface area contributed by atoms with Crippen LogP contribution in [0.3, 0.4) is 0 Å². The van der Waals surface area contributed by atoms with Gasteiger partial charge in [-0.1, -0.05) is 27.5 Å². The summed E-state index contributed by atoms with van der Waals surface area (Å²) in [5.74, 6) is -0.436. The van der Waals surface area contributed by atoms with Crippen LogP contribution in [0.25, 0.3) is 5.65 Å². The van der Waals surface area contributed by atoms with Crippen LogP contribution in [0.5, 0.6) is 5.75 Å². The maximum absolute atomic E-state index is 12.1. The van der Waals surface area contributed by atoms with Crippen molar-refractivity contribution in [1.29, 1.82) is 0 Å². The Morgan fingerprint density at radius 2 is 2.14 bits per heavy atom. The summed E-state index contributed by atoms with van der Waals surface area (Å²) >= 11 is 9.15. The number of nitrogens with one attached hydrogen (secondary N) is 1. The van der Waals surface area contributed by atoms with Crippen LogP contribution in [0, 0.1) is 0 Å². The number of imidazole rings is 1. The van der Waals surface area contributed by atoms with Crippen LogP contribution in [0.4, 0.5) is 0 Å². The van der Waals surface area contributed by atoms with Gasteiger partial charge in [0.15, 0.2) is 0 Å². The number of amides is 1. The van der Waals surface area contributed by atoms with E-state index in [0.29, 0.717) is 15.2 Å². The first-order valence-corrected chi connectivity index (χ1v) is 7.60. The molecule has 0 aliphatic rings. The van der Waals surface area contributed by atoms with Crippen LogP contribution < -0.4 is 5.32 Å². The number of rotatable bonds is 3. The zero-order chi connectivity index (χ0) is 15.7. The normalized spacial score (nSPS) is 10.8. The average Bonchev–Trinajstić information content (AvgIpc) is 2.86. The molecule has 2 N–H and O–H groups in total. The first-order valence-electron chi connectivity index (χ1n) is 6.43. The summed E-state index contributed by atoms with van der Waals surface area (Å²) in [4.78, 5) is 16.5. The number of nitrogens with zero attached hydrogens (tertiary/aromatic N) is 2. The minimum absolute atomic E-state index is 0.0753. The lowest BCUT2D eigenvalue weighted by atomic mass is 10.2. The van der Waals surface area contributed by atoms with E-state index in [1.165, 1.54) is 6.07 Å². The zero-order valence-corrected chi connectivity index (χ0v) is 13.6. The Morgan fingerprint density at radius 3 is 2.91 bits per heavy atom. The Balaban J connectivity index is 1.74. The second kappa shape index (κ2) is 5.98. The van der Waals surface area contributed by atoms with Crippen LogP contribution >= 0.6 is 27.5 Å². The van der Waals surface area contributed by atoms with Crippen molar-refractivity contribution in [2.45, 2.75) is 6.54 Å². The van der Waals surface area contributed by atoms with Crippen LogP contribution in [0.15, 0.2) is 47.2 Å². The summed E-state index contributed by atoms with van der Waals surface area (Å²) in [6.45, 7) is 0.258. The molecule has 2 aromatic heterocycles. The molecule has 0 aliphatic heterocycles. The van der Waals surface area contributed by atoms with E-state index < -0.39 is 0 Å². The summed E-state index contributed by atoms with van der Waals surface area (Å²) in [7, 11) is 0.